The standard InChI is InChI=1S/C18H19ClN2O2/c1-4-13-8-5-7-11(2)16(13)21-18(23)17(22)20-15-10-6-9-14(19)12(15)3/h5-10H,4H2,1-3H3,(H,20,22)(H,21,23). The first kappa shape index (κ1) is 17.0. The molecule has 0 spiro atoms. The Morgan fingerprint density at radius 3 is 2.35 bits per heavy atom. The van der Waals surface area contributed by atoms with E-state index in [1.165, 1.54) is 0 Å². The second-order valence-electron chi connectivity index (χ2n) is 5.28. The quantitative estimate of drug-likeness (QED) is 0.832. The van der Waals surface area contributed by atoms with E-state index < -0.39 is 11.8 Å². The molecule has 2 amide bonds. The summed E-state index contributed by atoms with van der Waals surface area (Å²) in [5.74, 6) is -1.42. The van der Waals surface area contributed by atoms with E-state index in [1.807, 2.05) is 32.0 Å². The molecule has 4 nitrogen and oxygen atoms in total. The van der Waals surface area contributed by atoms with Crippen LogP contribution in [0.1, 0.15) is 23.6 Å². The highest BCUT2D eigenvalue weighted by molar-refractivity contribution is 6.44. The van der Waals surface area contributed by atoms with Crippen molar-refractivity contribution in [3.63, 3.8) is 0 Å². The highest BCUT2D eigenvalue weighted by Crippen LogP contribution is 2.23. The van der Waals surface area contributed by atoms with Crippen molar-refractivity contribution in [3.8, 4) is 0 Å². The van der Waals surface area contributed by atoms with Gasteiger partial charge in [0.25, 0.3) is 0 Å². The number of para-hydroxylation sites is 1. The summed E-state index contributed by atoms with van der Waals surface area (Å²) >= 11 is 6.02. The van der Waals surface area contributed by atoms with E-state index in [-0.39, 0.29) is 0 Å². The maximum Gasteiger partial charge on any atom is 0.314 e. The summed E-state index contributed by atoms with van der Waals surface area (Å²) in [6.07, 6.45) is 0.770. The Labute approximate surface area is 140 Å². The molecule has 23 heavy (non-hydrogen) atoms. The number of anilines is 2. The van der Waals surface area contributed by atoms with E-state index in [0.29, 0.717) is 16.4 Å². The largest absolute Gasteiger partial charge is 0.317 e. The summed E-state index contributed by atoms with van der Waals surface area (Å²) in [6.45, 7) is 5.68. The van der Waals surface area contributed by atoms with Gasteiger partial charge in [0, 0.05) is 16.4 Å². The van der Waals surface area contributed by atoms with Crippen LogP contribution in [0, 0.1) is 13.8 Å². The Balaban J connectivity index is 2.15. The van der Waals surface area contributed by atoms with Crippen molar-refractivity contribution in [2.45, 2.75) is 27.2 Å². The van der Waals surface area contributed by atoms with Crippen LogP contribution in [0.2, 0.25) is 5.02 Å². The maximum atomic E-state index is 12.2. The van der Waals surface area contributed by atoms with Crippen LogP contribution < -0.4 is 10.6 Å². The first-order valence-corrected chi connectivity index (χ1v) is 7.77. The van der Waals surface area contributed by atoms with Crippen LogP contribution in [0.4, 0.5) is 11.4 Å². The first-order valence-electron chi connectivity index (χ1n) is 7.40. The minimum atomic E-state index is -0.722. The molecule has 0 fully saturated rings. The highest BCUT2D eigenvalue weighted by atomic mass is 35.5. The molecule has 0 radical (unpaired) electrons. The predicted octanol–water partition coefficient (Wildman–Crippen LogP) is 4.10. The van der Waals surface area contributed by atoms with Crippen molar-refractivity contribution < 1.29 is 9.59 Å². The van der Waals surface area contributed by atoms with Gasteiger partial charge in [-0.25, -0.2) is 0 Å². The van der Waals surface area contributed by atoms with Gasteiger partial charge in [0.1, 0.15) is 0 Å². The number of rotatable bonds is 3. The van der Waals surface area contributed by atoms with Gasteiger partial charge in [-0.2, -0.15) is 0 Å². The third-order valence-electron chi connectivity index (χ3n) is 3.70. The molecule has 0 aliphatic carbocycles. The number of aryl methyl sites for hydroxylation is 2. The molecular formula is C18H19ClN2O2. The zero-order valence-electron chi connectivity index (χ0n) is 13.4. The lowest BCUT2D eigenvalue weighted by atomic mass is 10.1. The van der Waals surface area contributed by atoms with Crippen LogP contribution >= 0.6 is 11.6 Å². The smallest absolute Gasteiger partial charge is 0.314 e. The summed E-state index contributed by atoms with van der Waals surface area (Å²) in [7, 11) is 0. The lowest BCUT2D eigenvalue weighted by Gasteiger charge is -2.13. The fraction of sp³-hybridized carbons (Fsp3) is 0.222. The van der Waals surface area contributed by atoms with Crippen molar-refractivity contribution in [1.82, 2.24) is 0 Å². The molecule has 0 unspecified atom stereocenters. The highest BCUT2D eigenvalue weighted by Gasteiger charge is 2.17. The number of halogens is 1. The Kier molecular flexibility index (Phi) is 5.40. The van der Waals surface area contributed by atoms with Crippen LogP contribution in [0.25, 0.3) is 0 Å². The molecule has 0 aliphatic heterocycles. The molecule has 2 N–H and O–H groups in total. The van der Waals surface area contributed by atoms with Crippen LogP contribution in [-0.2, 0) is 16.0 Å². The average molecular weight is 331 g/mol. The number of hydrogen-bond acceptors (Lipinski definition) is 2. The predicted molar refractivity (Wildman–Crippen MR) is 94.0 cm³/mol. The van der Waals surface area contributed by atoms with E-state index in [9.17, 15) is 9.59 Å². The van der Waals surface area contributed by atoms with Crippen LogP contribution in [-0.4, -0.2) is 11.8 Å². The van der Waals surface area contributed by atoms with Gasteiger partial charge in [-0.05, 0) is 49.1 Å². The summed E-state index contributed by atoms with van der Waals surface area (Å²) in [5, 5.41) is 5.83. The zero-order chi connectivity index (χ0) is 17.0. The Morgan fingerprint density at radius 2 is 1.65 bits per heavy atom. The van der Waals surface area contributed by atoms with Crippen LogP contribution in [0.3, 0.4) is 0 Å². The van der Waals surface area contributed by atoms with Crippen molar-refractivity contribution >= 4 is 34.8 Å². The zero-order valence-corrected chi connectivity index (χ0v) is 14.1. The van der Waals surface area contributed by atoms with Gasteiger partial charge in [-0.15, -0.1) is 0 Å². The van der Waals surface area contributed by atoms with E-state index in [4.69, 9.17) is 11.6 Å². The van der Waals surface area contributed by atoms with E-state index in [1.54, 1.807) is 25.1 Å². The van der Waals surface area contributed by atoms with E-state index in [2.05, 4.69) is 10.6 Å². The maximum absolute atomic E-state index is 12.2. The minimum Gasteiger partial charge on any atom is -0.317 e. The van der Waals surface area contributed by atoms with Gasteiger partial charge in [0.05, 0.1) is 0 Å². The number of carbonyl (C=O) groups excluding carboxylic acids is 2. The average Bonchev–Trinajstić information content (AvgIpc) is 2.53. The SMILES string of the molecule is CCc1cccc(C)c1NC(=O)C(=O)Nc1cccc(Cl)c1C. The molecule has 2 rings (SSSR count). The monoisotopic (exact) mass is 330 g/mol. The van der Waals surface area contributed by atoms with Crippen molar-refractivity contribution in [2.75, 3.05) is 10.6 Å². The molecular weight excluding hydrogens is 312 g/mol. The van der Waals surface area contributed by atoms with Gasteiger partial charge < -0.3 is 10.6 Å². The van der Waals surface area contributed by atoms with E-state index in [0.717, 1.165) is 23.1 Å². The molecule has 0 saturated carbocycles. The molecule has 5 heteroatoms. The van der Waals surface area contributed by atoms with E-state index >= 15 is 0 Å². The third-order valence-corrected chi connectivity index (χ3v) is 4.11. The molecule has 2 aromatic rings. The van der Waals surface area contributed by atoms with Crippen LogP contribution in [0.15, 0.2) is 36.4 Å². The molecule has 0 saturated heterocycles. The second-order valence-corrected chi connectivity index (χ2v) is 5.69. The lowest BCUT2D eigenvalue weighted by molar-refractivity contribution is -0.133. The fourth-order valence-electron chi connectivity index (χ4n) is 2.29. The molecule has 2 aromatic carbocycles. The summed E-state index contributed by atoms with van der Waals surface area (Å²) < 4.78 is 0. The van der Waals surface area contributed by atoms with Gasteiger partial charge in [-0.1, -0.05) is 42.8 Å². The Hall–Kier alpha value is -2.33. The topological polar surface area (TPSA) is 58.2 Å². The summed E-state index contributed by atoms with van der Waals surface area (Å²) in [6, 6.07) is 10.9. The number of hydrogen-bond donors (Lipinski definition) is 2. The molecule has 0 aromatic heterocycles. The number of benzene rings is 2. The number of amides is 2. The van der Waals surface area contributed by atoms with Crippen molar-refractivity contribution in [2.24, 2.45) is 0 Å². The fourth-order valence-corrected chi connectivity index (χ4v) is 2.47. The molecule has 0 atom stereocenters. The van der Waals surface area contributed by atoms with Crippen molar-refractivity contribution in [1.29, 1.82) is 0 Å². The lowest BCUT2D eigenvalue weighted by Crippen LogP contribution is -2.30. The van der Waals surface area contributed by atoms with Gasteiger partial charge in [0.15, 0.2) is 0 Å². The summed E-state index contributed by atoms with van der Waals surface area (Å²) in [5.41, 5.74) is 3.85. The van der Waals surface area contributed by atoms with Crippen molar-refractivity contribution in [3.05, 3.63) is 58.1 Å². The van der Waals surface area contributed by atoms with Gasteiger partial charge in [0.2, 0.25) is 0 Å². The summed E-state index contributed by atoms with van der Waals surface area (Å²) in [4.78, 5) is 24.3. The number of carbonyl (C=O) groups is 2. The van der Waals surface area contributed by atoms with Gasteiger partial charge >= 0.3 is 11.8 Å². The van der Waals surface area contributed by atoms with Crippen LogP contribution in [0.5, 0.6) is 0 Å². The molecule has 120 valence electrons. The third kappa shape index (κ3) is 3.90. The molecule has 0 aliphatic rings. The Morgan fingerprint density at radius 1 is 1.00 bits per heavy atom. The number of nitrogens with one attached hydrogen (secondary N) is 2. The molecule has 0 heterocycles. The van der Waals surface area contributed by atoms with Gasteiger partial charge in [-0.3, -0.25) is 9.59 Å². The molecule has 0 bridgehead atoms. The second kappa shape index (κ2) is 7.29. The first-order chi connectivity index (χ1) is 10.9. The minimum absolute atomic E-state index is 0.526. The Bertz CT molecular complexity index is 757. The normalized spacial score (nSPS) is 10.3.